The van der Waals surface area contributed by atoms with Crippen molar-refractivity contribution in [3.05, 3.63) is 28.8 Å². The Morgan fingerprint density at radius 1 is 1.44 bits per heavy atom. The number of carbonyl (C=O) groups is 1. The van der Waals surface area contributed by atoms with Crippen molar-refractivity contribution in [1.82, 2.24) is 0 Å². The van der Waals surface area contributed by atoms with E-state index in [1.54, 1.807) is 25.3 Å². The Labute approximate surface area is 112 Å². The highest BCUT2D eigenvalue weighted by molar-refractivity contribution is 6.30. The van der Waals surface area contributed by atoms with Crippen LogP contribution in [0.4, 0.5) is 0 Å². The zero-order valence-corrected chi connectivity index (χ0v) is 11.2. The third-order valence-electron chi connectivity index (χ3n) is 3.28. The summed E-state index contributed by atoms with van der Waals surface area (Å²) in [5, 5.41) is 0.578. The minimum Gasteiger partial charge on any atom is -0.496 e. The maximum atomic E-state index is 12.2. The topological polar surface area (TPSA) is 35.5 Å². The minimum absolute atomic E-state index is 0.121. The molecule has 0 N–H and O–H groups in total. The second-order valence-corrected chi connectivity index (χ2v) is 4.96. The summed E-state index contributed by atoms with van der Waals surface area (Å²) in [5.41, 5.74) is 0.619. The zero-order valence-electron chi connectivity index (χ0n) is 10.4. The van der Waals surface area contributed by atoms with Gasteiger partial charge in [0.05, 0.1) is 12.7 Å². The Hall–Kier alpha value is -1.06. The number of ketones is 1. The lowest BCUT2D eigenvalue weighted by Crippen LogP contribution is -2.19. The van der Waals surface area contributed by atoms with E-state index in [4.69, 9.17) is 21.1 Å². The molecule has 0 amide bonds. The van der Waals surface area contributed by atoms with Gasteiger partial charge in [-0.05, 0) is 37.0 Å². The normalized spacial score (nSPS) is 16.6. The molecule has 1 aliphatic heterocycles. The summed E-state index contributed by atoms with van der Waals surface area (Å²) in [7, 11) is 1.55. The SMILES string of the molecule is COc1cc(Cl)ccc1C(=O)CC1CCOCC1. The fourth-order valence-electron chi connectivity index (χ4n) is 2.22. The van der Waals surface area contributed by atoms with Crippen LogP contribution in [0.2, 0.25) is 5.02 Å². The number of halogens is 1. The summed E-state index contributed by atoms with van der Waals surface area (Å²) in [6.07, 6.45) is 2.48. The number of carbonyl (C=O) groups excluding carboxylic acids is 1. The molecule has 0 unspecified atom stereocenters. The molecule has 1 saturated heterocycles. The molecule has 0 aromatic heterocycles. The van der Waals surface area contributed by atoms with E-state index in [0.717, 1.165) is 26.1 Å². The van der Waals surface area contributed by atoms with Gasteiger partial charge in [-0.1, -0.05) is 11.6 Å². The molecule has 98 valence electrons. The molecule has 1 aromatic rings. The summed E-state index contributed by atoms with van der Waals surface area (Å²) in [4.78, 5) is 12.2. The predicted molar refractivity (Wildman–Crippen MR) is 70.5 cm³/mol. The summed E-state index contributed by atoms with van der Waals surface area (Å²) in [6.45, 7) is 1.52. The third-order valence-corrected chi connectivity index (χ3v) is 3.51. The minimum atomic E-state index is 0.121. The van der Waals surface area contributed by atoms with E-state index < -0.39 is 0 Å². The molecular weight excluding hydrogens is 252 g/mol. The quantitative estimate of drug-likeness (QED) is 0.786. The maximum Gasteiger partial charge on any atom is 0.166 e. The van der Waals surface area contributed by atoms with Crippen LogP contribution in [0.25, 0.3) is 0 Å². The van der Waals surface area contributed by atoms with Crippen molar-refractivity contribution in [3.8, 4) is 5.75 Å². The third kappa shape index (κ3) is 3.24. The Balaban J connectivity index is 2.08. The summed E-state index contributed by atoms with van der Waals surface area (Å²) in [6, 6.07) is 5.14. The van der Waals surface area contributed by atoms with Crippen LogP contribution in [0.15, 0.2) is 18.2 Å². The van der Waals surface area contributed by atoms with E-state index in [-0.39, 0.29) is 5.78 Å². The van der Waals surface area contributed by atoms with Crippen LogP contribution in [0, 0.1) is 5.92 Å². The highest BCUT2D eigenvalue weighted by Gasteiger charge is 2.20. The van der Waals surface area contributed by atoms with Crippen molar-refractivity contribution in [3.63, 3.8) is 0 Å². The molecule has 0 spiro atoms. The second-order valence-electron chi connectivity index (χ2n) is 4.53. The fourth-order valence-corrected chi connectivity index (χ4v) is 2.38. The molecule has 1 aliphatic rings. The molecule has 18 heavy (non-hydrogen) atoms. The van der Waals surface area contributed by atoms with Crippen molar-refractivity contribution in [2.75, 3.05) is 20.3 Å². The van der Waals surface area contributed by atoms with Crippen molar-refractivity contribution >= 4 is 17.4 Å². The maximum absolute atomic E-state index is 12.2. The number of ether oxygens (including phenoxy) is 2. The van der Waals surface area contributed by atoms with Crippen LogP contribution < -0.4 is 4.74 Å². The first kappa shape index (κ1) is 13.4. The molecule has 1 aromatic carbocycles. The molecule has 4 heteroatoms. The van der Waals surface area contributed by atoms with Crippen LogP contribution in [0.1, 0.15) is 29.6 Å². The number of methoxy groups -OCH3 is 1. The molecule has 3 nitrogen and oxygen atoms in total. The van der Waals surface area contributed by atoms with E-state index in [1.165, 1.54) is 0 Å². The van der Waals surface area contributed by atoms with Gasteiger partial charge in [0.25, 0.3) is 0 Å². The standard InChI is InChI=1S/C14H17ClO3/c1-17-14-9-11(15)2-3-12(14)13(16)8-10-4-6-18-7-5-10/h2-3,9-10H,4-8H2,1H3. The number of benzene rings is 1. The van der Waals surface area contributed by atoms with Gasteiger partial charge >= 0.3 is 0 Å². The van der Waals surface area contributed by atoms with Crippen LogP contribution in [-0.4, -0.2) is 26.1 Å². The van der Waals surface area contributed by atoms with Crippen LogP contribution in [0.5, 0.6) is 5.75 Å². The zero-order chi connectivity index (χ0) is 13.0. The molecule has 0 radical (unpaired) electrons. The predicted octanol–water partition coefficient (Wildman–Crippen LogP) is 3.35. The average Bonchev–Trinajstić information content (AvgIpc) is 2.39. The Kier molecular flexibility index (Phi) is 4.61. The second kappa shape index (κ2) is 6.21. The highest BCUT2D eigenvalue weighted by Crippen LogP contribution is 2.27. The van der Waals surface area contributed by atoms with Crippen molar-refractivity contribution in [2.24, 2.45) is 5.92 Å². The Bertz CT molecular complexity index is 425. The van der Waals surface area contributed by atoms with E-state index >= 15 is 0 Å². The average molecular weight is 269 g/mol. The summed E-state index contributed by atoms with van der Waals surface area (Å²) in [5.74, 6) is 1.10. The van der Waals surface area contributed by atoms with E-state index in [1.807, 2.05) is 0 Å². The fraction of sp³-hybridized carbons (Fsp3) is 0.500. The molecule has 0 atom stereocenters. The van der Waals surface area contributed by atoms with E-state index in [2.05, 4.69) is 0 Å². The number of hydrogen-bond acceptors (Lipinski definition) is 3. The van der Waals surface area contributed by atoms with E-state index in [9.17, 15) is 4.79 Å². The molecule has 0 saturated carbocycles. The smallest absolute Gasteiger partial charge is 0.166 e. The largest absolute Gasteiger partial charge is 0.496 e. The van der Waals surface area contributed by atoms with Gasteiger partial charge in [0, 0.05) is 24.7 Å². The molecule has 0 aliphatic carbocycles. The van der Waals surface area contributed by atoms with Gasteiger partial charge in [-0.25, -0.2) is 0 Å². The molecule has 0 bridgehead atoms. The van der Waals surface area contributed by atoms with Crippen molar-refractivity contribution < 1.29 is 14.3 Å². The number of hydrogen-bond donors (Lipinski definition) is 0. The number of Topliss-reactive ketones (excluding diaryl/α,β-unsaturated/α-hetero) is 1. The van der Waals surface area contributed by atoms with Gasteiger partial charge in [0.1, 0.15) is 5.75 Å². The summed E-state index contributed by atoms with van der Waals surface area (Å²) >= 11 is 5.88. The first-order chi connectivity index (χ1) is 8.70. The van der Waals surface area contributed by atoms with Crippen LogP contribution in [0.3, 0.4) is 0 Å². The van der Waals surface area contributed by atoms with Crippen molar-refractivity contribution in [2.45, 2.75) is 19.3 Å². The van der Waals surface area contributed by atoms with Gasteiger partial charge in [-0.15, -0.1) is 0 Å². The van der Waals surface area contributed by atoms with Gasteiger partial charge in [0.2, 0.25) is 0 Å². The van der Waals surface area contributed by atoms with Crippen molar-refractivity contribution in [1.29, 1.82) is 0 Å². The Morgan fingerprint density at radius 3 is 2.83 bits per heavy atom. The molecule has 1 fully saturated rings. The number of rotatable bonds is 4. The summed E-state index contributed by atoms with van der Waals surface area (Å²) < 4.78 is 10.5. The van der Waals surface area contributed by atoms with Gasteiger partial charge in [-0.2, -0.15) is 0 Å². The van der Waals surface area contributed by atoms with Crippen LogP contribution >= 0.6 is 11.6 Å². The highest BCUT2D eigenvalue weighted by atomic mass is 35.5. The monoisotopic (exact) mass is 268 g/mol. The molecule has 1 heterocycles. The van der Waals surface area contributed by atoms with Crippen LogP contribution in [-0.2, 0) is 4.74 Å². The van der Waals surface area contributed by atoms with Gasteiger partial charge in [0.15, 0.2) is 5.78 Å². The van der Waals surface area contributed by atoms with Gasteiger partial charge in [-0.3, -0.25) is 4.79 Å². The first-order valence-corrected chi connectivity index (χ1v) is 6.53. The molecule has 2 rings (SSSR count). The lowest BCUT2D eigenvalue weighted by atomic mass is 9.92. The van der Waals surface area contributed by atoms with Gasteiger partial charge < -0.3 is 9.47 Å². The lowest BCUT2D eigenvalue weighted by Gasteiger charge is -2.21. The van der Waals surface area contributed by atoms with E-state index in [0.29, 0.717) is 28.7 Å². The molecular formula is C14H17ClO3. The Morgan fingerprint density at radius 2 is 2.17 bits per heavy atom. The first-order valence-electron chi connectivity index (χ1n) is 6.15. The lowest BCUT2D eigenvalue weighted by molar-refractivity contribution is 0.0600.